The molecule has 0 aliphatic heterocycles. The summed E-state index contributed by atoms with van der Waals surface area (Å²) < 4.78 is 18.5. The predicted molar refractivity (Wildman–Crippen MR) is 81.9 cm³/mol. The Hall–Kier alpha value is -1.13. The Morgan fingerprint density at radius 3 is 2.71 bits per heavy atom. The van der Waals surface area contributed by atoms with Gasteiger partial charge in [0, 0.05) is 11.6 Å². The average molecular weight is 295 g/mol. The molecule has 1 saturated carbocycles. The number of benzene rings is 1. The van der Waals surface area contributed by atoms with Crippen LogP contribution in [0.1, 0.15) is 39.5 Å². The van der Waals surface area contributed by atoms with Crippen LogP contribution in [0, 0.1) is 11.7 Å². The summed E-state index contributed by atoms with van der Waals surface area (Å²) in [6.45, 7) is 4.99. The number of halogens is 1. The molecule has 1 aromatic rings. The van der Waals surface area contributed by atoms with Crippen molar-refractivity contribution in [2.24, 2.45) is 5.92 Å². The van der Waals surface area contributed by atoms with Gasteiger partial charge in [-0.3, -0.25) is 0 Å². The third-order valence-corrected chi connectivity index (χ3v) is 4.36. The Morgan fingerprint density at radius 2 is 2.10 bits per heavy atom. The number of nitrogens with one attached hydrogen (secondary N) is 1. The molecule has 2 unspecified atom stereocenters. The zero-order valence-electron chi connectivity index (χ0n) is 12.9. The highest BCUT2D eigenvalue weighted by Gasteiger charge is 2.42. The van der Waals surface area contributed by atoms with Crippen LogP contribution in [0.2, 0.25) is 0 Å². The van der Waals surface area contributed by atoms with E-state index in [0.717, 1.165) is 25.7 Å². The topological polar surface area (TPSA) is 41.5 Å². The molecule has 0 bridgehead atoms. The molecule has 1 aliphatic rings. The van der Waals surface area contributed by atoms with Crippen LogP contribution in [0.4, 0.5) is 4.39 Å². The summed E-state index contributed by atoms with van der Waals surface area (Å²) in [6, 6.07) is 6.47. The monoisotopic (exact) mass is 295 g/mol. The molecule has 2 atom stereocenters. The van der Waals surface area contributed by atoms with Crippen molar-refractivity contribution in [1.29, 1.82) is 0 Å². The standard InChI is InChI=1S/C17H26FNO2/c1-13(2)19-17(12-20)10-3-4-14(17)9-11-21-16-7-5-15(18)6-8-16/h5-8,13-14,19-20H,3-4,9-12H2,1-2H3. The van der Waals surface area contributed by atoms with E-state index in [1.807, 2.05) is 0 Å². The second kappa shape index (κ2) is 7.23. The van der Waals surface area contributed by atoms with Crippen LogP contribution >= 0.6 is 0 Å². The average Bonchev–Trinajstić information content (AvgIpc) is 2.84. The van der Waals surface area contributed by atoms with Gasteiger partial charge in [-0.05, 0) is 49.4 Å². The molecular formula is C17H26FNO2. The molecule has 2 N–H and O–H groups in total. The Kier molecular flexibility index (Phi) is 5.59. The lowest BCUT2D eigenvalue weighted by molar-refractivity contribution is 0.102. The molecule has 21 heavy (non-hydrogen) atoms. The fourth-order valence-corrected chi connectivity index (χ4v) is 3.43. The van der Waals surface area contributed by atoms with Gasteiger partial charge < -0.3 is 15.2 Å². The predicted octanol–water partition coefficient (Wildman–Crippen LogP) is 3.12. The molecule has 4 heteroatoms. The van der Waals surface area contributed by atoms with E-state index >= 15 is 0 Å². The Morgan fingerprint density at radius 1 is 1.38 bits per heavy atom. The number of ether oxygens (including phenoxy) is 1. The minimum absolute atomic E-state index is 0.166. The molecule has 0 aromatic heterocycles. The van der Waals surface area contributed by atoms with Crippen molar-refractivity contribution in [2.45, 2.75) is 51.1 Å². The summed E-state index contributed by atoms with van der Waals surface area (Å²) in [5, 5.41) is 13.4. The summed E-state index contributed by atoms with van der Waals surface area (Å²) in [5.74, 6) is 0.865. The summed E-state index contributed by atoms with van der Waals surface area (Å²) in [6.07, 6.45) is 4.18. The van der Waals surface area contributed by atoms with Gasteiger partial charge in [-0.2, -0.15) is 0 Å². The van der Waals surface area contributed by atoms with Crippen LogP contribution in [-0.2, 0) is 0 Å². The van der Waals surface area contributed by atoms with Crippen LogP contribution in [0.15, 0.2) is 24.3 Å². The number of rotatable bonds is 7. The van der Waals surface area contributed by atoms with E-state index in [0.29, 0.717) is 24.3 Å². The van der Waals surface area contributed by atoms with Gasteiger partial charge in [-0.15, -0.1) is 0 Å². The summed E-state index contributed by atoms with van der Waals surface area (Å²) in [5.41, 5.74) is -0.166. The first-order valence-electron chi connectivity index (χ1n) is 7.83. The third kappa shape index (κ3) is 4.17. The highest BCUT2D eigenvalue weighted by Crippen LogP contribution is 2.38. The molecule has 1 aromatic carbocycles. The van der Waals surface area contributed by atoms with Crippen molar-refractivity contribution in [2.75, 3.05) is 13.2 Å². The van der Waals surface area contributed by atoms with E-state index in [4.69, 9.17) is 4.74 Å². The van der Waals surface area contributed by atoms with Gasteiger partial charge in [-0.25, -0.2) is 4.39 Å². The molecule has 1 fully saturated rings. The molecule has 0 amide bonds. The molecule has 2 rings (SSSR count). The molecule has 3 nitrogen and oxygen atoms in total. The molecule has 1 aliphatic carbocycles. The second-order valence-electron chi connectivity index (χ2n) is 6.29. The maximum absolute atomic E-state index is 12.8. The van der Waals surface area contributed by atoms with Gasteiger partial charge in [0.15, 0.2) is 0 Å². The fraction of sp³-hybridized carbons (Fsp3) is 0.647. The normalized spacial score (nSPS) is 25.5. The van der Waals surface area contributed by atoms with Crippen molar-refractivity contribution in [3.63, 3.8) is 0 Å². The Bertz CT molecular complexity index is 435. The maximum atomic E-state index is 12.8. The molecule has 0 saturated heterocycles. The number of aliphatic hydroxyl groups is 1. The molecule has 118 valence electrons. The largest absolute Gasteiger partial charge is 0.494 e. The van der Waals surface area contributed by atoms with Gasteiger partial charge in [0.25, 0.3) is 0 Å². The first-order chi connectivity index (χ1) is 10.1. The smallest absolute Gasteiger partial charge is 0.123 e. The second-order valence-corrected chi connectivity index (χ2v) is 6.29. The van der Waals surface area contributed by atoms with Crippen molar-refractivity contribution in [3.05, 3.63) is 30.1 Å². The van der Waals surface area contributed by atoms with E-state index in [9.17, 15) is 9.50 Å². The van der Waals surface area contributed by atoms with E-state index in [1.54, 1.807) is 12.1 Å². The van der Waals surface area contributed by atoms with E-state index in [1.165, 1.54) is 12.1 Å². The van der Waals surface area contributed by atoms with Crippen molar-refractivity contribution in [3.8, 4) is 5.75 Å². The Labute approximate surface area is 126 Å². The van der Waals surface area contributed by atoms with E-state index in [-0.39, 0.29) is 18.0 Å². The number of hydrogen-bond donors (Lipinski definition) is 2. The SMILES string of the molecule is CC(C)NC1(CO)CCCC1CCOc1ccc(F)cc1. The molecule has 0 spiro atoms. The molecular weight excluding hydrogens is 269 g/mol. The van der Waals surface area contributed by atoms with E-state index in [2.05, 4.69) is 19.2 Å². The lowest BCUT2D eigenvalue weighted by Gasteiger charge is -2.37. The summed E-state index contributed by atoms with van der Waals surface area (Å²) >= 11 is 0. The van der Waals surface area contributed by atoms with Gasteiger partial charge in [0.1, 0.15) is 11.6 Å². The van der Waals surface area contributed by atoms with Crippen LogP contribution in [0.3, 0.4) is 0 Å². The first kappa shape index (κ1) is 16.2. The first-order valence-corrected chi connectivity index (χ1v) is 7.83. The highest BCUT2D eigenvalue weighted by molar-refractivity contribution is 5.22. The van der Waals surface area contributed by atoms with Crippen LogP contribution in [0.25, 0.3) is 0 Å². The third-order valence-electron chi connectivity index (χ3n) is 4.36. The molecule has 0 heterocycles. The van der Waals surface area contributed by atoms with Crippen LogP contribution in [0.5, 0.6) is 5.75 Å². The minimum atomic E-state index is -0.251. The zero-order valence-corrected chi connectivity index (χ0v) is 12.9. The summed E-state index contributed by atoms with van der Waals surface area (Å²) in [7, 11) is 0. The van der Waals surface area contributed by atoms with Crippen LogP contribution in [-0.4, -0.2) is 29.9 Å². The van der Waals surface area contributed by atoms with Crippen molar-refractivity contribution in [1.82, 2.24) is 5.32 Å². The quantitative estimate of drug-likeness (QED) is 0.812. The lowest BCUT2D eigenvalue weighted by Crippen LogP contribution is -2.54. The van der Waals surface area contributed by atoms with Crippen molar-refractivity contribution < 1.29 is 14.2 Å². The van der Waals surface area contributed by atoms with Gasteiger partial charge in [0.2, 0.25) is 0 Å². The highest BCUT2D eigenvalue weighted by atomic mass is 19.1. The summed E-state index contributed by atoms with van der Waals surface area (Å²) in [4.78, 5) is 0. The molecule has 0 radical (unpaired) electrons. The zero-order chi connectivity index (χ0) is 15.3. The lowest BCUT2D eigenvalue weighted by atomic mass is 9.85. The number of aliphatic hydroxyl groups excluding tert-OH is 1. The van der Waals surface area contributed by atoms with Gasteiger partial charge >= 0.3 is 0 Å². The number of hydrogen-bond acceptors (Lipinski definition) is 3. The van der Waals surface area contributed by atoms with Gasteiger partial charge in [0.05, 0.1) is 13.2 Å². The minimum Gasteiger partial charge on any atom is -0.494 e. The van der Waals surface area contributed by atoms with Gasteiger partial charge in [-0.1, -0.05) is 20.3 Å². The van der Waals surface area contributed by atoms with E-state index < -0.39 is 0 Å². The fourth-order valence-electron chi connectivity index (χ4n) is 3.43. The van der Waals surface area contributed by atoms with Crippen molar-refractivity contribution >= 4 is 0 Å². The Balaban J connectivity index is 1.87. The maximum Gasteiger partial charge on any atom is 0.123 e. The van der Waals surface area contributed by atoms with Crippen LogP contribution < -0.4 is 10.1 Å².